The quantitative estimate of drug-likeness (QED) is 0.756. The Morgan fingerprint density at radius 1 is 1.17 bits per heavy atom. The van der Waals surface area contributed by atoms with Crippen molar-refractivity contribution in [3.63, 3.8) is 0 Å². The molecule has 0 radical (unpaired) electrons. The summed E-state index contributed by atoms with van der Waals surface area (Å²) in [5.74, 6) is -0.295. The van der Waals surface area contributed by atoms with Gasteiger partial charge in [0.15, 0.2) is 0 Å². The molecule has 2 aromatic rings. The maximum atomic E-state index is 13.0. The molecule has 29 heavy (non-hydrogen) atoms. The van der Waals surface area contributed by atoms with Crippen LogP contribution in [0, 0.1) is 0 Å². The van der Waals surface area contributed by atoms with Crippen molar-refractivity contribution in [3.8, 4) is 0 Å². The van der Waals surface area contributed by atoms with Gasteiger partial charge in [-0.3, -0.25) is 10.1 Å². The van der Waals surface area contributed by atoms with Gasteiger partial charge in [-0.1, -0.05) is 41.7 Å². The number of likely N-dealkylation sites (tertiary alicyclic amines) is 1. The summed E-state index contributed by atoms with van der Waals surface area (Å²) in [6.07, 6.45) is 4.30. The number of nitrogens with zero attached hydrogens (tertiary/aromatic N) is 3. The highest BCUT2D eigenvalue weighted by Crippen LogP contribution is 2.31. The van der Waals surface area contributed by atoms with Crippen LogP contribution >= 0.6 is 11.3 Å². The normalized spacial score (nSPS) is 19.9. The molecule has 0 spiro atoms. The van der Waals surface area contributed by atoms with Gasteiger partial charge >= 0.3 is 6.03 Å². The molecule has 1 aromatic carbocycles. The van der Waals surface area contributed by atoms with E-state index in [-0.39, 0.29) is 18.0 Å². The largest absolute Gasteiger partial charge is 0.371 e. The zero-order chi connectivity index (χ0) is 20.1. The maximum absolute atomic E-state index is 13.0. The number of nitrogens with one attached hydrogen (secondary N) is 2. The fourth-order valence-corrected chi connectivity index (χ4v) is 4.43. The Bertz CT molecular complexity index is 832. The van der Waals surface area contributed by atoms with Gasteiger partial charge in [0, 0.05) is 26.1 Å². The van der Waals surface area contributed by atoms with Gasteiger partial charge < -0.3 is 15.0 Å². The predicted molar refractivity (Wildman–Crippen MR) is 110 cm³/mol. The van der Waals surface area contributed by atoms with Crippen LogP contribution in [0.4, 0.5) is 9.93 Å². The molecule has 4 rings (SSSR count). The molecular weight excluding hydrogens is 390 g/mol. The monoisotopic (exact) mass is 415 g/mol. The van der Waals surface area contributed by atoms with Crippen LogP contribution in [0.1, 0.15) is 42.4 Å². The second kappa shape index (κ2) is 9.32. The Hall–Kier alpha value is -2.52. The van der Waals surface area contributed by atoms with E-state index in [1.54, 1.807) is 4.90 Å². The highest BCUT2D eigenvalue weighted by atomic mass is 32.1. The summed E-state index contributed by atoms with van der Waals surface area (Å²) in [4.78, 5) is 27.3. The minimum atomic E-state index is -0.694. The van der Waals surface area contributed by atoms with Gasteiger partial charge in [-0.05, 0) is 31.2 Å². The lowest BCUT2D eigenvalue weighted by atomic mass is 10.1. The molecular formula is C20H25N5O3S. The molecule has 2 N–H and O–H groups in total. The number of carbonyl (C=O) groups is 2. The lowest BCUT2D eigenvalue weighted by Crippen LogP contribution is -2.49. The molecule has 2 aliphatic heterocycles. The van der Waals surface area contributed by atoms with Crippen LogP contribution in [0.25, 0.3) is 0 Å². The minimum Gasteiger partial charge on any atom is -0.371 e. The number of rotatable bonds is 6. The first-order chi connectivity index (χ1) is 14.2. The molecule has 2 unspecified atom stereocenters. The smallest absolute Gasteiger partial charge is 0.318 e. The highest BCUT2D eigenvalue weighted by molar-refractivity contribution is 7.15. The number of aromatic nitrogens is 2. The molecule has 0 bridgehead atoms. The molecule has 0 aliphatic carbocycles. The molecule has 8 nitrogen and oxygen atoms in total. The number of hydrogen-bond donors (Lipinski definition) is 2. The van der Waals surface area contributed by atoms with E-state index in [0.29, 0.717) is 11.6 Å². The summed E-state index contributed by atoms with van der Waals surface area (Å²) in [5, 5.41) is 15.1. The number of amides is 3. The van der Waals surface area contributed by atoms with Crippen molar-refractivity contribution in [3.05, 3.63) is 40.9 Å². The third-order valence-corrected chi connectivity index (χ3v) is 6.10. The first-order valence-electron chi connectivity index (χ1n) is 10.0. The van der Waals surface area contributed by atoms with E-state index in [4.69, 9.17) is 4.74 Å². The van der Waals surface area contributed by atoms with Crippen molar-refractivity contribution in [2.45, 2.75) is 44.2 Å². The average Bonchev–Trinajstić information content (AvgIpc) is 3.49. The minimum absolute atomic E-state index is 0.0341. The highest BCUT2D eigenvalue weighted by Gasteiger charge is 2.27. The van der Waals surface area contributed by atoms with Crippen molar-refractivity contribution < 1.29 is 14.3 Å². The van der Waals surface area contributed by atoms with Crippen molar-refractivity contribution in [1.82, 2.24) is 20.4 Å². The second-order valence-corrected chi connectivity index (χ2v) is 8.33. The Kier molecular flexibility index (Phi) is 6.36. The van der Waals surface area contributed by atoms with Crippen LogP contribution in [0.5, 0.6) is 0 Å². The van der Waals surface area contributed by atoms with E-state index in [2.05, 4.69) is 20.8 Å². The number of anilines is 1. The van der Waals surface area contributed by atoms with E-state index >= 15 is 0 Å². The van der Waals surface area contributed by atoms with Crippen molar-refractivity contribution in [1.29, 1.82) is 0 Å². The van der Waals surface area contributed by atoms with E-state index in [1.807, 2.05) is 30.3 Å². The number of benzene rings is 1. The van der Waals surface area contributed by atoms with Crippen molar-refractivity contribution in [2.75, 3.05) is 25.0 Å². The van der Waals surface area contributed by atoms with Crippen LogP contribution in [0.2, 0.25) is 0 Å². The van der Waals surface area contributed by atoms with E-state index < -0.39 is 6.04 Å². The van der Waals surface area contributed by atoms with Crippen molar-refractivity contribution >= 4 is 28.4 Å². The second-order valence-electron chi connectivity index (χ2n) is 7.32. The molecule has 2 saturated heterocycles. The summed E-state index contributed by atoms with van der Waals surface area (Å²) in [5.41, 5.74) is 0.978. The summed E-state index contributed by atoms with van der Waals surface area (Å²) >= 11 is 1.32. The maximum Gasteiger partial charge on any atom is 0.318 e. The van der Waals surface area contributed by atoms with Gasteiger partial charge in [0.05, 0.1) is 0 Å². The van der Waals surface area contributed by atoms with Crippen LogP contribution in [0.3, 0.4) is 0 Å². The van der Waals surface area contributed by atoms with Crippen LogP contribution < -0.4 is 10.6 Å². The van der Waals surface area contributed by atoms with Crippen molar-refractivity contribution in [2.24, 2.45) is 0 Å². The first-order valence-corrected chi connectivity index (χ1v) is 10.9. The fraction of sp³-hybridized carbons (Fsp3) is 0.500. The molecule has 2 fully saturated rings. The van der Waals surface area contributed by atoms with Gasteiger partial charge in [-0.15, -0.1) is 10.2 Å². The lowest BCUT2D eigenvalue weighted by Gasteiger charge is -2.22. The van der Waals surface area contributed by atoms with E-state index in [1.165, 1.54) is 11.3 Å². The molecule has 2 aliphatic rings. The Morgan fingerprint density at radius 2 is 1.97 bits per heavy atom. The van der Waals surface area contributed by atoms with Gasteiger partial charge in [0.2, 0.25) is 11.0 Å². The molecule has 2 atom stereocenters. The standard InChI is InChI=1S/C20H25N5O3S/c26-17(22-19-24-23-18(29-19)16-9-6-12-28-16)15(13-14-7-2-1-3-8-14)21-20(27)25-10-4-5-11-25/h1-3,7-8,15-16H,4-6,9-13H2,(H,21,27)(H,22,24,26). The number of ether oxygens (including phenoxy) is 1. The SMILES string of the molecule is O=C(Nc1nnc(C2CCCO2)s1)C(Cc1ccccc1)NC(=O)N1CCCC1. The van der Waals surface area contributed by atoms with Crippen LogP contribution in [0.15, 0.2) is 30.3 Å². The zero-order valence-corrected chi connectivity index (χ0v) is 17.0. The Labute approximate surface area is 173 Å². The molecule has 0 saturated carbocycles. The van der Waals surface area contributed by atoms with E-state index in [9.17, 15) is 9.59 Å². The zero-order valence-electron chi connectivity index (χ0n) is 16.2. The lowest BCUT2D eigenvalue weighted by molar-refractivity contribution is -0.118. The fourth-order valence-electron chi connectivity index (χ4n) is 3.60. The van der Waals surface area contributed by atoms with Crippen LogP contribution in [-0.2, 0) is 16.0 Å². The molecule has 154 valence electrons. The number of carbonyl (C=O) groups excluding carboxylic acids is 2. The number of urea groups is 1. The van der Waals surface area contributed by atoms with Crippen LogP contribution in [-0.4, -0.2) is 52.8 Å². The summed E-state index contributed by atoms with van der Waals surface area (Å²) in [6, 6.07) is 8.77. The summed E-state index contributed by atoms with van der Waals surface area (Å²) in [7, 11) is 0. The van der Waals surface area contributed by atoms with E-state index in [0.717, 1.165) is 56.0 Å². The molecule has 3 heterocycles. The third kappa shape index (κ3) is 5.10. The molecule has 3 amide bonds. The Balaban J connectivity index is 1.43. The number of hydrogen-bond acceptors (Lipinski definition) is 6. The van der Waals surface area contributed by atoms with Gasteiger partial charge in [-0.25, -0.2) is 4.79 Å². The summed E-state index contributed by atoms with van der Waals surface area (Å²) in [6.45, 7) is 2.19. The van der Waals surface area contributed by atoms with Gasteiger partial charge in [0.1, 0.15) is 17.2 Å². The molecule has 1 aromatic heterocycles. The van der Waals surface area contributed by atoms with Gasteiger partial charge in [-0.2, -0.15) is 0 Å². The van der Waals surface area contributed by atoms with Gasteiger partial charge in [0.25, 0.3) is 0 Å². The average molecular weight is 416 g/mol. The third-order valence-electron chi connectivity index (χ3n) is 5.17. The first kappa shape index (κ1) is 19.8. The topological polar surface area (TPSA) is 96.5 Å². The predicted octanol–water partition coefficient (Wildman–Crippen LogP) is 2.74. The summed E-state index contributed by atoms with van der Waals surface area (Å²) < 4.78 is 5.63. The Morgan fingerprint density at radius 3 is 2.69 bits per heavy atom. The molecule has 9 heteroatoms.